The Labute approximate surface area is 108 Å². The van der Waals surface area contributed by atoms with Crippen molar-refractivity contribution in [1.29, 1.82) is 0 Å². The van der Waals surface area contributed by atoms with Crippen LogP contribution in [0.1, 0.15) is 31.5 Å². The van der Waals surface area contributed by atoms with E-state index in [1.54, 1.807) is 18.4 Å². The van der Waals surface area contributed by atoms with E-state index >= 15 is 0 Å². The molecule has 0 aromatic carbocycles. The van der Waals surface area contributed by atoms with Gasteiger partial charge < -0.3 is 10.6 Å². The Balaban J connectivity index is 2.34. The molecule has 0 fully saturated rings. The summed E-state index contributed by atoms with van der Waals surface area (Å²) in [5.74, 6) is 0.837. The second-order valence-electron chi connectivity index (χ2n) is 4.98. The molecule has 0 amide bonds. The van der Waals surface area contributed by atoms with E-state index in [4.69, 9.17) is 0 Å². The Bertz CT molecular complexity index is 376. The van der Waals surface area contributed by atoms with E-state index in [0.717, 1.165) is 29.6 Å². The van der Waals surface area contributed by atoms with Crippen LogP contribution in [0.4, 0.5) is 0 Å². The molecular formula is C12H22N4S. The molecule has 0 radical (unpaired) electrons. The van der Waals surface area contributed by atoms with Crippen molar-refractivity contribution in [2.75, 3.05) is 13.6 Å². The van der Waals surface area contributed by atoms with Gasteiger partial charge in [0.2, 0.25) is 0 Å². The standard InChI is InChI=1S/C12H22N4S/c1-9-15-10(8-17-9)6-7-14-11(13-5)16-12(2,3)4/h8H,6-7H2,1-5H3,(H2,13,14,16). The van der Waals surface area contributed by atoms with E-state index in [1.807, 2.05) is 6.92 Å². The van der Waals surface area contributed by atoms with Crippen LogP contribution in [-0.4, -0.2) is 30.1 Å². The van der Waals surface area contributed by atoms with Gasteiger partial charge in [-0.1, -0.05) is 0 Å². The largest absolute Gasteiger partial charge is 0.356 e. The van der Waals surface area contributed by atoms with Crippen LogP contribution in [0.2, 0.25) is 0 Å². The third-order valence-corrected chi connectivity index (χ3v) is 2.88. The van der Waals surface area contributed by atoms with E-state index in [9.17, 15) is 0 Å². The predicted molar refractivity (Wildman–Crippen MR) is 74.8 cm³/mol. The van der Waals surface area contributed by atoms with Gasteiger partial charge in [-0.05, 0) is 27.7 Å². The van der Waals surface area contributed by atoms with E-state index in [-0.39, 0.29) is 5.54 Å². The number of rotatable bonds is 3. The Morgan fingerprint density at radius 3 is 2.65 bits per heavy atom. The van der Waals surface area contributed by atoms with Crippen molar-refractivity contribution in [3.05, 3.63) is 16.1 Å². The molecule has 0 aliphatic carbocycles. The zero-order chi connectivity index (χ0) is 12.9. The highest BCUT2D eigenvalue weighted by Gasteiger charge is 2.11. The summed E-state index contributed by atoms with van der Waals surface area (Å²) in [6.07, 6.45) is 0.926. The summed E-state index contributed by atoms with van der Waals surface area (Å²) in [6.45, 7) is 9.22. The lowest BCUT2D eigenvalue weighted by atomic mass is 10.1. The molecule has 1 heterocycles. The fourth-order valence-corrected chi connectivity index (χ4v) is 2.01. The van der Waals surface area contributed by atoms with Gasteiger partial charge in [-0.2, -0.15) is 0 Å². The van der Waals surface area contributed by atoms with Crippen LogP contribution in [0.25, 0.3) is 0 Å². The average molecular weight is 254 g/mol. The first-order chi connectivity index (χ1) is 7.90. The van der Waals surface area contributed by atoms with Crippen LogP contribution in [0, 0.1) is 6.92 Å². The molecule has 2 N–H and O–H groups in total. The number of hydrogen-bond donors (Lipinski definition) is 2. The van der Waals surface area contributed by atoms with Gasteiger partial charge in [-0.25, -0.2) is 4.98 Å². The van der Waals surface area contributed by atoms with E-state index < -0.39 is 0 Å². The zero-order valence-electron chi connectivity index (χ0n) is 11.3. The molecule has 96 valence electrons. The van der Waals surface area contributed by atoms with Crippen LogP contribution in [0.15, 0.2) is 10.4 Å². The van der Waals surface area contributed by atoms with Crippen molar-refractivity contribution < 1.29 is 0 Å². The van der Waals surface area contributed by atoms with Gasteiger partial charge in [0.05, 0.1) is 10.7 Å². The zero-order valence-corrected chi connectivity index (χ0v) is 12.1. The topological polar surface area (TPSA) is 49.3 Å². The maximum absolute atomic E-state index is 4.43. The van der Waals surface area contributed by atoms with Crippen LogP contribution in [-0.2, 0) is 6.42 Å². The number of nitrogens with one attached hydrogen (secondary N) is 2. The molecular weight excluding hydrogens is 232 g/mol. The van der Waals surface area contributed by atoms with Gasteiger partial charge in [0.25, 0.3) is 0 Å². The van der Waals surface area contributed by atoms with Crippen molar-refractivity contribution >= 4 is 17.3 Å². The maximum Gasteiger partial charge on any atom is 0.191 e. The van der Waals surface area contributed by atoms with Gasteiger partial charge in [0.15, 0.2) is 5.96 Å². The van der Waals surface area contributed by atoms with Crippen LogP contribution < -0.4 is 10.6 Å². The number of thiazole rings is 1. The fraction of sp³-hybridized carbons (Fsp3) is 0.667. The van der Waals surface area contributed by atoms with Gasteiger partial charge in [0.1, 0.15) is 0 Å². The number of hydrogen-bond acceptors (Lipinski definition) is 3. The van der Waals surface area contributed by atoms with Crippen molar-refractivity contribution in [2.24, 2.45) is 4.99 Å². The Morgan fingerprint density at radius 1 is 1.47 bits per heavy atom. The molecule has 0 atom stereocenters. The number of aromatic nitrogens is 1. The van der Waals surface area contributed by atoms with Gasteiger partial charge in [0, 0.05) is 30.9 Å². The minimum atomic E-state index is 0.0268. The van der Waals surface area contributed by atoms with Crippen LogP contribution in [0.3, 0.4) is 0 Å². The first kappa shape index (κ1) is 14.0. The Hall–Kier alpha value is -1.10. The lowest BCUT2D eigenvalue weighted by Crippen LogP contribution is -2.48. The molecule has 17 heavy (non-hydrogen) atoms. The summed E-state index contributed by atoms with van der Waals surface area (Å²) in [6, 6.07) is 0. The Morgan fingerprint density at radius 2 is 2.18 bits per heavy atom. The van der Waals surface area contributed by atoms with Crippen LogP contribution in [0.5, 0.6) is 0 Å². The summed E-state index contributed by atoms with van der Waals surface area (Å²) in [5.41, 5.74) is 1.17. The van der Waals surface area contributed by atoms with Crippen molar-refractivity contribution in [3.63, 3.8) is 0 Å². The number of guanidine groups is 1. The summed E-state index contributed by atoms with van der Waals surface area (Å²) in [4.78, 5) is 8.61. The molecule has 1 aromatic rings. The summed E-state index contributed by atoms with van der Waals surface area (Å²) in [5, 5.41) is 9.84. The summed E-state index contributed by atoms with van der Waals surface area (Å²) in [7, 11) is 1.79. The molecule has 1 rings (SSSR count). The Kier molecular flexibility index (Phi) is 4.93. The minimum absolute atomic E-state index is 0.0268. The van der Waals surface area contributed by atoms with Crippen molar-refractivity contribution in [1.82, 2.24) is 15.6 Å². The molecule has 5 heteroatoms. The highest BCUT2D eigenvalue weighted by Crippen LogP contribution is 2.07. The normalized spacial score (nSPS) is 12.6. The predicted octanol–water partition coefficient (Wildman–Crippen LogP) is 1.96. The number of nitrogens with zero attached hydrogens (tertiary/aromatic N) is 2. The SMILES string of the molecule is CN=C(NCCc1csc(C)n1)NC(C)(C)C. The monoisotopic (exact) mass is 254 g/mol. The molecule has 0 unspecified atom stereocenters. The van der Waals surface area contributed by atoms with Crippen molar-refractivity contribution in [3.8, 4) is 0 Å². The van der Waals surface area contributed by atoms with E-state index in [2.05, 4.69) is 46.8 Å². The molecule has 0 spiro atoms. The maximum atomic E-state index is 4.43. The smallest absolute Gasteiger partial charge is 0.191 e. The van der Waals surface area contributed by atoms with Gasteiger partial charge in [-0.3, -0.25) is 4.99 Å². The average Bonchev–Trinajstić information content (AvgIpc) is 2.61. The molecule has 4 nitrogen and oxygen atoms in total. The van der Waals surface area contributed by atoms with Gasteiger partial charge in [-0.15, -0.1) is 11.3 Å². The fourth-order valence-electron chi connectivity index (χ4n) is 1.37. The first-order valence-electron chi connectivity index (χ1n) is 5.80. The molecule has 0 aliphatic heterocycles. The molecule has 0 aliphatic rings. The van der Waals surface area contributed by atoms with E-state index in [1.165, 1.54) is 0 Å². The summed E-state index contributed by atoms with van der Waals surface area (Å²) >= 11 is 1.69. The number of aliphatic imine (C=N–C) groups is 1. The molecule has 0 saturated heterocycles. The number of aryl methyl sites for hydroxylation is 1. The van der Waals surface area contributed by atoms with Gasteiger partial charge >= 0.3 is 0 Å². The lowest BCUT2D eigenvalue weighted by Gasteiger charge is -2.23. The van der Waals surface area contributed by atoms with E-state index in [0.29, 0.717) is 0 Å². The second-order valence-corrected chi connectivity index (χ2v) is 6.04. The van der Waals surface area contributed by atoms with Crippen molar-refractivity contribution in [2.45, 2.75) is 39.7 Å². The third-order valence-electron chi connectivity index (χ3n) is 2.06. The molecule has 0 saturated carbocycles. The van der Waals surface area contributed by atoms with Crippen LogP contribution >= 0.6 is 11.3 Å². The molecule has 0 bridgehead atoms. The lowest BCUT2D eigenvalue weighted by molar-refractivity contribution is 0.501. The molecule has 1 aromatic heterocycles. The first-order valence-corrected chi connectivity index (χ1v) is 6.68. The third kappa shape index (κ3) is 5.68. The minimum Gasteiger partial charge on any atom is -0.356 e. The highest BCUT2D eigenvalue weighted by molar-refractivity contribution is 7.09. The quantitative estimate of drug-likeness (QED) is 0.640. The second kappa shape index (κ2) is 6.00. The highest BCUT2D eigenvalue weighted by atomic mass is 32.1. The summed E-state index contributed by atoms with van der Waals surface area (Å²) < 4.78 is 0.